The summed E-state index contributed by atoms with van der Waals surface area (Å²) in [6.45, 7) is 4.01. The van der Waals surface area contributed by atoms with Crippen LogP contribution in [-0.2, 0) is 4.74 Å². The maximum atomic E-state index is 11.6. The van der Waals surface area contributed by atoms with Gasteiger partial charge in [0.05, 0.1) is 23.3 Å². The highest BCUT2D eigenvalue weighted by atomic mass is 35.5. The summed E-state index contributed by atoms with van der Waals surface area (Å²) >= 11 is 6.12. The summed E-state index contributed by atoms with van der Waals surface area (Å²) in [6.07, 6.45) is 3.27. The van der Waals surface area contributed by atoms with Crippen LogP contribution >= 0.6 is 11.6 Å². The number of hydrogen-bond donors (Lipinski definition) is 0. The third-order valence-corrected chi connectivity index (χ3v) is 2.60. The van der Waals surface area contributed by atoms with Crippen molar-refractivity contribution in [3.8, 4) is 0 Å². The van der Waals surface area contributed by atoms with E-state index < -0.39 is 5.97 Å². The second-order valence-electron chi connectivity index (χ2n) is 3.44. The summed E-state index contributed by atoms with van der Waals surface area (Å²) in [5.41, 5.74) is 2.05. The highest BCUT2D eigenvalue weighted by Gasteiger charge is 2.15. The molecule has 0 aromatic carbocycles. The molecule has 0 aliphatic rings. The van der Waals surface area contributed by atoms with E-state index in [9.17, 15) is 4.79 Å². The third kappa shape index (κ3) is 1.76. The van der Waals surface area contributed by atoms with E-state index in [4.69, 9.17) is 16.3 Å². The van der Waals surface area contributed by atoms with Gasteiger partial charge in [0, 0.05) is 6.20 Å². The van der Waals surface area contributed by atoms with Crippen molar-refractivity contribution in [1.82, 2.24) is 9.61 Å². The van der Waals surface area contributed by atoms with E-state index in [0.717, 1.165) is 5.56 Å². The van der Waals surface area contributed by atoms with Gasteiger partial charge in [-0.3, -0.25) is 0 Å². The lowest BCUT2D eigenvalue weighted by Gasteiger charge is -2.04. The number of rotatable bonds is 2. The number of carbonyl (C=O) groups is 1. The van der Waals surface area contributed by atoms with E-state index in [2.05, 4.69) is 5.10 Å². The van der Waals surface area contributed by atoms with Crippen LogP contribution < -0.4 is 0 Å². The number of halogens is 1. The van der Waals surface area contributed by atoms with Crippen molar-refractivity contribution in [3.63, 3.8) is 0 Å². The van der Waals surface area contributed by atoms with Crippen LogP contribution in [0, 0.1) is 6.92 Å². The number of esters is 1. The van der Waals surface area contributed by atoms with Crippen LogP contribution in [0.15, 0.2) is 18.5 Å². The summed E-state index contributed by atoms with van der Waals surface area (Å²) < 4.78 is 6.53. The monoisotopic (exact) mass is 238 g/mol. The van der Waals surface area contributed by atoms with Crippen LogP contribution in [0.4, 0.5) is 0 Å². The molecule has 0 aliphatic heterocycles. The van der Waals surface area contributed by atoms with Crippen LogP contribution in [0.5, 0.6) is 0 Å². The van der Waals surface area contributed by atoms with Gasteiger partial charge in [-0.25, -0.2) is 9.31 Å². The minimum Gasteiger partial charge on any atom is -0.462 e. The Kier molecular flexibility index (Phi) is 2.83. The predicted octanol–water partition coefficient (Wildman–Crippen LogP) is 2.47. The minimum atomic E-state index is -0.443. The Hall–Kier alpha value is -1.55. The average molecular weight is 239 g/mol. The summed E-state index contributed by atoms with van der Waals surface area (Å²) in [7, 11) is 0. The van der Waals surface area contributed by atoms with Crippen molar-refractivity contribution in [1.29, 1.82) is 0 Å². The molecule has 0 atom stereocenters. The molecule has 2 rings (SSSR count). The van der Waals surface area contributed by atoms with Gasteiger partial charge >= 0.3 is 5.97 Å². The predicted molar refractivity (Wildman–Crippen MR) is 60.9 cm³/mol. The van der Waals surface area contributed by atoms with Crippen molar-refractivity contribution in [2.24, 2.45) is 0 Å². The molecule has 4 nitrogen and oxygen atoms in total. The fourth-order valence-electron chi connectivity index (χ4n) is 1.51. The molecule has 2 aromatic heterocycles. The van der Waals surface area contributed by atoms with E-state index in [1.807, 2.05) is 19.2 Å². The lowest BCUT2D eigenvalue weighted by Crippen LogP contribution is -2.07. The molecule has 0 spiro atoms. The number of carbonyl (C=O) groups excluding carboxylic acids is 1. The van der Waals surface area contributed by atoms with Gasteiger partial charge in [0.1, 0.15) is 5.56 Å². The van der Waals surface area contributed by atoms with Gasteiger partial charge in [0.2, 0.25) is 0 Å². The van der Waals surface area contributed by atoms with Crippen molar-refractivity contribution in [3.05, 3.63) is 34.6 Å². The quantitative estimate of drug-likeness (QED) is 0.755. The molecule has 84 valence electrons. The van der Waals surface area contributed by atoms with E-state index in [1.54, 1.807) is 11.4 Å². The summed E-state index contributed by atoms with van der Waals surface area (Å²) in [5, 5.41) is 4.47. The smallest absolute Gasteiger partial charge is 0.341 e. The topological polar surface area (TPSA) is 43.6 Å². The molecule has 0 amide bonds. The zero-order valence-corrected chi connectivity index (χ0v) is 9.78. The molecule has 2 aromatic rings. The summed E-state index contributed by atoms with van der Waals surface area (Å²) in [4.78, 5) is 11.6. The number of aromatic nitrogens is 2. The number of aryl methyl sites for hydroxylation is 1. The Balaban J connectivity index is 2.55. The highest BCUT2D eigenvalue weighted by Crippen LogP contribution is 2.23. The molecule has 16 heavy (non-hydrogen) atoms. The van der Waals surface area contributed by atoms with E-state index in [-0.39, 0.29) is 0 Å². The average Bonchev–Trinajstić information content (AvgIpc) is 2.60. The maximum absolute atomic E-state index is 11.6. The normalized spacial score (nSPS) is 10.7. The zero-order chi connectivity index (χ0) is 11.7. The fourth-order valence-corrected chi connectivity index (χ4v) is 1.77. The number of fused-ring (bicyclic) bond motifs is 1. The molecule has 0 aliphatic carbocycles. The molecule has 5 heteroatoms. The van der Waals surface area contributed by atoms with E-state index >= 15 is 0 Å². The van der Waals surface area contributed by atoms with Crippen LogP contribution in [0.25, 0.3) is 5.52 Å². The Morgan fingerprint density at radius 2 is 2.38 bits per heavy atom. The van der Waals surface area contributed by atoms with Gasteiger partial charge in [0.15, 0.2) is 0 Å². The Bertz CT molecular complexity index is 548. The SMILES string of the molecule is CCOC(=O)c1cnn2cc(C)cc2c1Cl. The van der Waals surface area contributed by atoms with Crippen molar-refractivity contribution >= 4 is 23.1 Å². The molecule has 0 saturated heterocycles. The number of nitrogens with zero attached hydrogens (tertiary/aromatic N) is 2. The summed E-state index contributed by atoms with van der Waals surface area (Å²) in [6, 6.07) is 1.87. The third-order valence-electron chi connectivity index (χ3n) is 2.21. The number of hydrogen-bond acceptors (Lipinski definition) is 3. The fraction of sp³-hybridized carbons (Fsp3) is 0.273. The molecule has 0 saturated carbocycles. The van der Waals surface area contributed by atoms with Crippen molar-refractivity contribution < 1.29 is 9.53 Å². The molecular formula is C11H11ClN2O2. The van der Waals surface area contributed by atoms with Crippen molar-refractivity contribution in [2.75, 3.05) is 6.61 Å². The second-order valence-corrected chi connectivity index (χ2v) is 3.82. The number of ether oxygens (including phenoxy) is 1. The van der Waals surface area contributed by atoms with E-state index in [1.165, 1.54) is 6.20 Å². The van der Waals surface area contributed by atoms with Gasteiger partial charge in [-0.2, -0.15) is 5.10 Å². The van der Waals surface area contributed by atoms with Gasteiger partial charge in [-0.05, 0) is 25.5 Å². The van der Waals surface area contributed by atoms with Crippen LogP contribution in [-0.4, -0.2) is 22.2 Å². The first-order chi connectivity index (χ1) is 7.63. The lowest BCUT2D eigenvalue weighted by molar-refractivity contribution is 0.0526. The lowest BCUT2D eigenvalue weighted by atomic mass is 10.2. The molecule has 0 N–H and O–H groups in total. The standard InChI is InChI=1S/C11H11ClN2O2/c1-3-16-11(15)8-5-13-14-6-7(2)4-9(14)10(8)12/h4-6H,3H2,1-2H3. The molecule has 2 heterocycles. The Morgan fingerprint density at radius 1 is 1.62 bits per heavy atom. The molecular weight excluding hydrogens is 228 g/mol. The molecule has 0 unspecified atom stereocenters. The minimum absolute atomic E-state index is 0.300. The van der Waals surface area contributed by atoms with Crippen molar-refractivity contribution in [2.45, 2.75) is 13.8 Å². The molecule has 0 bridgehead atoms. The molecule has 0 radical (unpaired) electrons. The highest BCUT2D eigenvalue weighted by molar-refractivity contribution is 6.36. The van der Waals surface area contributed by atoms with Crippen LogP contribution in [0.1, 0.15) is 22.8 Å². The van der Waals surface area contributed by atoms with Crippen LogP contribution in [0.2, 0.25) is 5.02 Å². The zero-order valence-electron chi connectivity index (χ0n) is 9.03. The maximum Gasteiger partial charge on any atom is 0.341 e. The largest absolute Gasteiger partial charge is 0.462 e. The van der Waals surface area contributed by atoms with Gasteiger partial charge < -0.3 is 4.74 Å². The first-order valence-corrected chi connectivity index (χ1v) is 5.32. The molecule has 0 fully saturated rings. The van der Waals surface area contributed by atoms with Gasteiger partial charge in [0.25, 0.3) is 0 Å². The van der Waals surface area contributed by atoms with Gasteiger partial charge in [-0.1, -0.05) is 11.6 Å². The second kappa shape index (κ2) is 4.14. The Morgan fingerprint density at radius 3 is 3.06 bits per heavy atom. The first kappa shape index (κ1) is 11.0. The van der Waals surface area contributed by atoms with E-state index in [0.29, 0.717) is 22.7 Å². The summed E-state index contributed by atoms with van der Waals surface area (Å²) in [5.74, 6) is -0.443. The van der Waals surface area contributed by atoms with Crippen LogP contribution in [0.3, 0.4) is 0 Å². The van der Waals surface area contributed by atoms with Gasteiger partial charge in [-0.15, -0.1) is 0 Å². The Labute approximate surface area is 97.8 Å². The first-order valence-electron chi connectivity index (χ1n) is 4.94.